The highest BCUT2D eigenvalue weighted by Gasteiger charge is 2.06. The van der Waals surface area contributed by atoms with Crippen LogP contribution in [-0.2, 0) is 6.54 Å². The minimum Gasteiger partial charge on any atom is -0.490 e. The minimum absolute atomic E-state index is 0.112. The van der Waals surface area contributed by atoms with E-state index >= 15 is 0 Å². The quantitative estimate of drug-likeness (QED) is 0.590. The normalized spacial score (nSPS) is 12.4. The van der Waals surface area contributed by atoms with Crippen molar-refractivity contribution in [2.75, 3.05) is 19.8 Å². The van der Waals surface area contributed by atoms with Gasteiger partial charge in [0.2, 0.25) is 0 Å². The summed E-state index contributed by atoms with van der Waals surface area (Å²) in [5.41, 5.74) is 1.06. The molecular weight excluding hydrogens is 218 g/mol. The first-order chi connectivity index (χ1) is 8.27. The second kappa shape index (κ2) is 8.06. The Morgan fingerprint density at radius 2 is 2.12 bits per heavy atom. The molecule has 0 saturated carbocycles. The van der Waals surface area contributed by atoms with Gasteiger partial charge in [0.25, 0.3) is 0 Å². The van der Waals surface area contributed by atoms with E-state index in [4.69, 9.17) is 9.84 Å². The van der Waals surface area contributed by atoms with Crippen LogP contribution >= 0.6 is 0 Å². The lowest BCUT2D eigenvalue weighted by atomic mass is 10.2. The van der Waals surface area contributed by atoms with Crippen molar-refractivity contribution in [3.63, 3.8) is 0 Å². The van der Waals surface area contributed by atoms with Crippen LogP contribution in [0.5, 0.6) is 5.75 Å². The van der Waals surface area contributed by atoms with Crippen molar-refractivity contribution in [1.29, 1.82) is 0 Å². The summed E-state index contributed by atoms with van der Waals surface area (Å²) in [7, 11) is 0. The summed E-state index contributed by atoms with van der Waals surface area (Å²) in [6, 6.07) is 7.71. The van der Waals surface area contributed by atoms with Crippen LogP contribution in [0.4, 0.5) is 0 Å². The molecule has 0 saturated heterocycles. The lowest BCUT2D eigenvalue weighted by Gasteiger charge is -2.13. The Bertz CT molecular complexity index is 317. The topological polar surface area (TPSA) is 61.7 Å². The Balaban J connectivity index is 2.51. The van der Waals surface area contributed by atoms with Crippen molar-refractivity contribution in [2.24, 2.45) is 0 Å². The van der Waals surface area contributed by atoms with Gasteiger partial charge in [-0.3, -0.25) is 0 Å². The van der Waals surface area contributed by atoms with E-state index in [1.165, 1.54) is 0 Å². The molecule has 3 N–H and O–H groups in total. The van der Waals surface area contributed by atoms with E-state index in [0.717, 1.165) is 30.8 Å². The summed E-state index contributed by atoms with van der Waals surface area (Å²) >= 11 is 0. The van der Waals surface area contributed by atoms with Gasteiger partial charge in [-0.25, -0.2) is 0 Å². The van der Waals surface area contributed by atoms with E-state index in [1.54, 1.807) is 0 Å². The second-order valence-electron chi connectivity index (χ2n) is 3.93. The molecule has 0 heterocycles. The van der Waals surface area contributed by atoms with E-state index in [2.05, 4.69) is 12.2 Å². The average molecular weight is 239 g/mol. The fourth-order valence-electron chi connectivity index (χ4n) is 1.43. The molecule has 1 atom stereocenters. The zero-order valence-electron chi connectivity index (χ0n) is 10.2. The number of hydrogen-bond donors (Lipinski definition) is 3. The molecule has 0 aliphatic heterocycles. The van der Waals surface area contributed by atoms with Gasteiger partial charge in [0.15, 0.2) is 0 Å². The highest BCUT2D eigenvalue weighted by molar-refractivity contribution is 5.33. The maximum atomic E-state index is 9.23. The second-order valence-corrected chi connectivity index (χ2v) is 3.93. The minimum atomic E-state index is -0.827. The zero-order valence-corrected chi connectivity index (χ0v) is 10.2. The Kier molecular flexibility index (Phi) is 6.62. The van der Waals surface area contributed by atoms with E-state index in [-0.39, 0.29) is 13.2 Å². The smallest absolute Gasteiger partial charge is 0.123 e. The van der Waals surface area contributed by atoms with Crippen molar-refractivity contribution < 1.29 is 14.9 Å². The summed E-state index contributed by atoms with van der Waals surface area (Å²) < 4.78 is 5.47. The fourth-order valence-corrected chi connectivity index (χ4v) is 1.43. The molecule has 0 aromatic heterocycles. The third-order valence-electron chi connectivity index (χ3n) is 2.36. The van der Waals surface area contributed by atoms with Crippen LogP contribution in [-0.4, -0.2) is 36.1 Å². The SMILES string of the molecule is CCCNCc1ccccc1OCC(O)CO. The number of hydrogen-bond acceptors (Lipinski definition) is 4. The largest absolute Gasteiger partial charge is 0.490 e. The molecule has 0 bridgehead atoms. The first-order valence-corrected chi connectivity index (χ1v) is 5.98. The predicted octanol–water partition coefficient (Wildman–Crippen LogP) is 0.918. The average Bonchev–Trinajstić information content (AvgIpc) is 2.37. The molecule has 0 aliphatic carbocycles. The van der Waals surface area contributed by atoms with E-state index < -0.39 is 6.10 Å². The molecule has 0 fully saturated rings. The Hall–Kier alpha value is -1.10. The number of rotatable bonds is 8. The predicted molar refractivity (Wildman–Crippen MR) is 67.0 cm³/mol. The first kappa shape index (κ1) is 14.0. The monoisotopic (exact) mass is 239 g/mol. The third kappa shape index (κ3) is 5.17. The van der Waals surface area contributed by atoms with Gasteiger partial charge >= 0.3 is 0 Å². The molecule has 4 nitrogen and oxygen atoms in total. The number of ether oxygens (including phenoxy) is 1. The van der Waals surface area contributed by atoms with E-state index in [9.17, 15) is 5.11 Å². The summed E-state index contributed by atoms with van der Waals surface area (Å²) in [5.74, 6) is 0.753. The summed E-state index contributed by atoms with van der Waals surface area (Å²) in [5, 5.41) is 21.2. The fraction of sp³-hybridized carbons (Fsp3) is 0.538. The maximum Gasteiger partial charge on any atom is 0.123 e. The Labute approximate surface area is 102 Å². The molecule has 0 aliphatic rings. The molecule has 1 aromatic rings. The van der Waals surface area contributed by atoms with Gasteiger partial charge in [-0.05, 0) is 19.0 Å². The number of benzene rings is 1. The lowest BCUT2D eigenvalue weighted by molar-refractivity contribution is 0.0532. The van der Waals surface area contributed by atoms with Crippen LogP contribution in [0, 0.1) is 0 Å². The molecular formula is C13H21NO3. The standard InChI is InChI=1S/C13H21NO3/c1-2-7-14-8-11-5-3-4-6-13(11)17-10-12(16)9-15/h3-6,12,14-16H,2,7-10H2,1H3. The van der Waals surface area contributed by atoms with Gasteiger partial charge in [-0.2, -0.15) is 0 Å². The summed E-state index contributed by atoms with van der Waals surface area (Å²) in [6.07, 6.45) is 0.262. The zero-order chi connectivity index (χ0) is 12.5. The highest BCUT2D eigenvalue weighted by atomic mass is 16.5. The number of nitrogens with one attached hydrogen (secondary N) is 1. The lowest BCUT2D eigenvalue weighted by Crippen LogP contribution is -2.22. The Morgan fingerprint density at radius 3 is 2.82 bits per heavy atom. The van der Waals surface area contributed by atoms with Crippen LogP contribution in [0.15, 0.2) is 24.3 Å². The van der Waals surface area contributed by atoms with E-state index in [1.807, 2.05) is 24.3 Å². The van der Waals surface area contributed by atoms with Crippen molar-refractivity contribution in [1.82, 2.24) is 5.32 Å². The molecule has 0 spiro atoms. The van der Waals surface area contributed by atoms with Gasteiger partial charge in [0.05, 0.1) is 6.61 Å². The molecule has 17 heavy (non-hydrogen) atoms. The van der Waals surface area contributed by atoms with Crippen molar-refractivity contribution in [3.05, 3.63) is 29.8 Å². The summed E-state index contributed by atoms with van der Waals surface area (Å²) in [6.45, 7) is 3.66. The molecule has 4 heteroatoms. The van der Waals surface area contributed by atoms with Gasteiger partial charge < -0.3 is 20.3 Å². The molecule has 1 rings (SSSR count). The van der Waals surface area contributed by atoms with Crippen LogP contribution < -0.4 is 10.1 Å². The molecule has 1 unspecified atom stereocenters. The maximum absolute atomic E-state index is 9.23. The number of aliphatic hydroxyl groups excluding tert-OH is 2. The van der Waals surface area contributed by atoms with Gasteiger partial charge in [-0.15, -0.1) is 0 Å². The highest BCUT2D eigenvalue weighted by Crippen LogP contribution is 2.17. The third-order valence-corrected chi connectivity index (χ3v) is 2.36. The Morgan fingerprint density at radius 1 is 1.35 bits per heavy atom. The van der Waals surface area contributed by atoms with Crippen molar-refractivity contribution >= 4 is 0 Å². The van der Waals surface area contributed by atoms with Gasteiger partial charge in [0, 0.05) is 12.1 Å². The first-order valence-electron chi connectivity index (χ1n) is 5.98. The van der Waals surface area contributed by atoms with Crippen molar-refractivity contribution in [3.8, 4) is 5.75 Å². The van der Waals surface area contributed by atoms with Crippen LogP contribution in [0.25, 0.3) is 0 Å². The van der Waals surface area contributed by atoms with Crippen LogP contribution in [0.1, 0.15) is 18.9 Å². The molecule has 96 valence electrons. The van der Waals surface area contributed by atoms with Crippen molar-refractivity contribution in [2.45, 2.75) is 26.0 Å². The van der Waals surface area contributed by atoms with Crippen LogP contribution in [0.2, 0.25) is 0 Å². The molecule has 1 aromatic carbocycles. The van der Waals surface area contributed by atoms with Crippen LogP contribution in [0.3, 0.4) is 0 Å². The molecule has 0 radical (unpaired) electrons. The van der Waals surface area contributed by atoms with Gasteiger partial charge in [-0.1, -0.05) is 25.1 Å². The van der Waals surface area contributed by atoms with E-state index in [0.29, 0.717) is 0 Å². The number of para-hydroxylation sites is 1. The van der Waals surface area contributed by atoms with Gasteiger partial charge in [0.1, 0.15) is 18.5 Å². The molecule has 0 amide bonds. The summed E-state index contributed by atoms with van der Waals surface area (Å²) in [4.78, 5) is 0. The number of aliphatic hydroxyl groups is 2.